The molecule has 0 aliphatic heterocycles. The van der Waals surface area contributed by atoms with Gasteiger partial charge in [-0.25, -0.2) is 0 Å². The van der Waals surface area contributed by atoms with Crippen molar-refractivity contribution in [1.29, 1.82) is 0 Å². The van der Waals surface area contributed by atoms with Gasteiger partial charge < -0.3 is 14.0 Å². The molecule has 0 aliphatic carbocycles. The highest BCUT2D eigenvalue weighted by molar-refractivity contribution is 6.39. The van der Waals surface area contributed by atoms with Crippen LogP contribution in [-0.2, 0) is 19.3 Å². The van der Waals surface area contributed by atoms with E-state index >= 15 is 0 Å². The van der Waals surface area contributed by atoms with Crippen molar-refractivity contribution in [2.24, 2.45) is 0 Å². The Bertz CT molecular complexity index is 896. The second kappa shape index (κ2) is 11.5. The van der Waals surface area contributed by atoms with Gasteiger partial charge in [-0.2, -0.15) is 0 Å². The lowest BCUT2D eigenvalue weighted by Crippen LogP contribution is -2.37. The summed E-state index contributed by atoms with van der Waals surface area (Å²) in [5, 5.41) is 0. The molecule has 0 spiro atoms. The normalized spacial score (nSPS) is 10.1. The standard InChI is InChI=1S/C27H27BO3/c1-4-13-22-16-7-10-19-25(22)29-28(30-26-20-11-8-17-23(26)14-5-2)31-27-21-12-9-18-24(27)15-6-3/h4-12,16-21H,1-3,13-15H2. The van der Waals surface area contributed by atoms with Crippen LogP contribution in [0.1, 0.15) is 16.7 Å². The quantitative estimate of drug-likeness (QED) is 0.256. The van der Waals surface area contributed by atoms with E-state index in [0.717, 1.165) is 16.7 Å². The van der Waals surface area contributed by atoms with Crippen molar-refractivity contribution in [2.45, 2.75) is 19.3 Å². The van der Waals surface area contributed by atoms with Crippen LogP contribution < -0.4 is 14.0 Å². The van der Waals surface area contributed by atoms with Gasteiger partial charge in [0, 0.05) is 0 Å². The van der Waals surface area contributed by atoms with Crippen LogP contribution in [0.25, 0.3) is 0 Å². The van der Waals surface area contributed by atoms with Gasteiger partial charge in [0.15, 0.2) is 0 Å². The van der Waals surface area contributed by atoms with Crippen LogP contribution in [0.3, 0.4) is 0 Å². The lowest BCUT2D eigenvalue weighted by molar-refractivity contribution is 0.304. The Morgan fingerprint density at radius 3 is 1.10 bits per heavy atom. The van der Waals surface area contributed by atoms with Gasteiger partial charge >= 0.3 is 7.32 Å². The van der Waals surface area contributed by atoms with E-state index in [1.165, 1.54) is 0 Å². The summed E-state index contributed by atoms with van der Waals surface area (Å²) >= 11 is 0. The zero-order valence-corrected chi connectivity index (χ0v) is 17.7. The second-order valence-corrected chi connectivity index (χ2v) is 6.94. The number of hydrogen-bond acceptors (Lipinski definition) is 3. The molecular formula is C27H27BO3. The van der Waals surface area contributed by atoms with Gasteiger partial charge in [0.25, 0.3) is 0 Å². The molecule has 3 rings (SSSR count). The first-order chi connectivity index (χ1) is 15.2. The molecule has 0 saturated heterocycles. The first kappa shape index (κ1) is 22.0. The van der Waals surface area contributed by atoms with Gasteiger partial charge in [-0.15, -0.1) is 19.7 Å². The molecule has 0 radical (unpaired) electrons. The van der Waals surface area contributed by atoms with Crippen LogP contribution in [0.5, 0.6) is 17.2 Å². The second-order valence-electron chi connectivity index (χ2n) is 6.94. The Kier molecular flexibility index (Phi) is 8.18. The number of rotatable bonds is 12. The minimum atomic E-state index is -0.983. The summed E-state index contributed by atoms with van der Waals surface area (Å²) < 4.78 is 18.7. The van der Waals surface area contributed by atoms with Gasteiger partial charge in [-0.05, 0) is 54.2 Å². The molecule has 3 nitrogen and oxygen atoms in total. The predicted molar refractivity (Wildman–Crippen MR) is 129 cm³/mol. The molecule has 0 heterocycles. The third-order valence-electron chi connectivity index (χ3n) is 4.68. The minimum Gasteiger partial charge on any atom is -0.489 e. The fraction of sp³-hybridized carbons (Fsp3) is 0.111. The average Bonchev–Trinajstić information content (AvgIpc) is 2.78. The third kappa shape index (κ3) is 6.16. The van der Waals surface area contributed by atoms with Crippen molar-refractivity contribution < 1.29 is 14.0 Å². The van der Waals surface area contributed by atoms with Gasteiger partial charge in [0.05, 0.1) is 0 Å². The molecule has 3 aromatic carbocycles. The van der Waals surface area contributed by atoms with E-state index in [2.05, 4.69) is 19.7 Å². The Hall–Kier alpha value is -3.66. The molecule has 0 aromatic heterocycles. The Morgan fingerprint density at radius 2 is 0.806 bits per heavy atom. The van der Waals surface area contributed by atoms with E-state index in [0.29, 0.717) is 36.5 Å². The first-order valence-electron chi connectivity index (χ1n) is 10.3. The molecule has 31 heavy (non-hydrogen) atoms. The Morgan fingerprint density at radius 1 is 0.516 bits per heavy atom. The molecular weight excluding hydrogens is 383 g/mol. The van der Waals surface area contributed by atoms with Crippen LogP contribution in [0.4, 0.5) is 0 Å². The molecule has 4 heteroatoms. The van der Waals surface area contributed by atoms with Gasteiger partial charge in [0.1, 0.15) is 17.2 Å². The van der Waals surface area contributed by atoms with Crippen molar-refractivity contribution in [2.75, 3.05) is 0 Å². The van der Waals surface area contributed by atoms with Crippen LogP contribution in [0, 0.1) is 0 Å². The van der Waals surface area contributed by atoms with E-state index in [9.17, 15) is 0 Å². The summed E-state index contributed by atoms with van der Waals surface area (Å²) in [6.07, 6.45) is 7.59. The summed E-state index contributed by atoms with van der Waals surface area (Å²) in [6, 6.07) is 23.4. The maximum atomic E-state index is 6.23. The van der Waals surface area contributed by atoms with Gasteiger partial charge in [0.2, 0.25) is 0 Å². The topological polar surface area (TPSA) is 27.7 Å². The Labute approximate surface area is 185 Å². The van der Waals surface area contributed by atoms with E-state index in [1.807, 2.05) is 91.0 Å². The van der Waals surface area contributed by atoms with Crippen LogP contribution >= 0.6 is 0 Å². The molecule has 0 N–H and O–H groups in total. The predicted octanol–water partition coefficient (Wildman–Crippen LogP) is 6.39. The smallest absolute Gasteiger partial charge is 0.489 e. The molecule has 3 aromatic rings. The highest BCUT2D eigenvalue weighted by Gasteiger charge is 2.32. The van der Waals surface area contributed by atoms with Crippen molar-refractivity contribution in [3.8, 4) is 17.2 Å². The van der Waals surface area contributed by atoms with E-state index in [1.54, 1.807) is 0 Å². The summed E-state index contributed by atoms with van der Waals surface area (Å²) in [5.41, 5.74) is 3.02. The Balaban J connectivity index is 1.93. The molecule has 0 saturated carbocycles. The maximum Gasteiger partial charge on any atom is 0.864 e. The van der Waals surface area contributed by atoms with E-state index in [-0.39, 0.29) is 0 Å². The molecule has 0 atom stereocenters. The molecule has 156 valence electrons. The number of allylic oxidation sites excluding steroid dienone is 3. The zero-order valence-electron chi connectivity index (χ0n) is 17.7. The maximum absolute atomic E-state index is 6.23. The van der Waals surface area contributed by atoms with Crippen molar-refractivity contribution >= 4 is 7.32 Å². The van der Waals surface area contributed by atoms with Crippen molar-refractivity contribution in [3.05, 3.63) is 127 Å². The SMILES string of the molecule is C=CCc1ccccc1OB(Oc1ccccc1CC=C)Oc1ccccc1CC=C. The lowest BCUT2D eigenvalue weighted by atomic mass is 10.1. The third-order valence-corrected chi connectivity index (χ3v) is 4.68. The minimum absolute atomic E-state index is 0.684. The molecule has 0 amide bonds. The molecule has 0 aliphatic rings. The fourth-order valence-corrected chi connectivity index (χ4v) is 3.21. The van der Waals surface area contributed by atoms with Crippen LogP contribution in [0.2, 0.25) is 0 Å². The largest absolute Gasteiger partial charge is 0.864 e. The molecule has 0 fully saturated rings. The first-order valence-corrected chi connectivity index (χ1v) is 10.3. The highest BCUT2D eigenvalue weighted by Crippen LogP contribution is 2.26. The van der Waals surface area contributed by atoms with E-state index in [4.69, 9.17) is 14.0 Å². The summed E-state index contributed by atoms with van der Waals surface area (Å²) in [7, 11) is -0.983. The zero-order chi connectivity index (χ0) is 21.9. The number of para-hydroxylation sites is 3. The molecule has 0 unspecified atom stereocenters. The summed E-state index contributed by atoms with van der Waals surface area (Å²) in [5.74, 6) is 2.07. The fourth-order valence-electron chi connectivity index (χ4n) is 3.21. The van der Waals surface area contributed by atoms with E-state index < -0.39 is 7.32 Å². The summed E-state index contributed by atoms with van der Waals surface area (Å²) in [6.45, 7) is 11.5. The van der Waals surface area contributed by atoms with Crippen LogP contribution in [-0.4, -0.2) is 7.32 Å². The monoisotopic (exact) mass is 410 g/mol. The van der Waals surface area contributed by atoms with Gasteiger partial charge in [-0.3, -0.25) is 0 Å². The summed E-state index contributed by atoms with van der Waals surface area (Å²) in [4.78, 5) is 0. The lowest BCUT2D eigenvalue weighted by Gasteiger charge is -2.20. The number of hydrogen-bond donors (Lipinski definition) is 0. The van der Waals surface area contributed by atoms with Gasteiger partial charge in [-0.1, -0.05) is 72.8 Å². The molecule has 0 bridgehead atoms. The van der Waals surface area contributed by atoms with Crippen molar-refractivity contribution in [1.82, 2.24) is 0 Å². The average molecular weight is 410 g/mol. The number of benzene rings is 3. The highest BCUT2D eigenvalue weighted by atomic mass is 16.7. The van der Waals surface area contributed by atoms with Crippen molar-refractivity contribution in [3.63, 3.8) is 0 Å². The van der Waals surface area contributed by atoms with Crippen LogP contribution in [0.15, 0.2) is 111 Å².